The number of ether oxygens (including phenoxy) is 1. The molecule has 0 unspecified atom stereocenters. The molecule has 0 aliphatic carbocycles. The van der Waals surface area contributed by atoms with E-state index >= 15 is 0 Å². The Morgan fingerprint density at radius 2 is 2.00 bits per heavy atom. The van der Waals surface area contributed by atoms with Crippen LogP contribution in [0.5, 0.6) is 11.5 Å². The fraction of sp³-hybridized carbons (Fsp3) is 0.143. The van der Waals surface area contributed by atoms with Gasteiger partial charge in [-0.2, -0.15) is 0 Å². The monoisotopic (exact) mass is 324 g/mol. The summed E-state index contributed by atoms with van der Waals surface area (Å²) in [6.07, 6.45) is 0. The average Bonchev–Trinajstić information content (AvgIpc) is 2.39. The normalized spacial score (nSPS) is 10.3. The highest BCUT2D eigenvalue weighted by atomic mass is 79.9. The smallest absolute Gasteiger partial charge is 0.129 e. The summed E-state index contributed by atoms with van der Waals surface area (Å²) < 4.78 is 6.25. The molecule has 0 aromatic heterocycles. The third-order valence-corrected chi connectivity index (χ3v) is 4.39. The minimum atomic E-state index is 0.321. The molecule has 0 spiro atoms. The van der Waals surface area contributed by atoms with Crippen LogP contribution in [0.3, 0.4) is 0 Å². The molecule has 0 atom stereocenters. The summed E-state index contributed by atoms with van der Waals surface area (Å²) in [4.78, 5) is 0.882. The second kappa shape index (κ2) is 6.16. The van der Waals surface area contributed by atoms with Crippen molar-refractivity contribution in [3.63, 3.8) is 0 Å². The number of halogens is 1. The number of rotatable bonds is 4. The molecule has 0 aliphatic rings. The molecule has 0 bridgehead atoms. The largest absolute Gasteiger partial charge is 0.507 e. The lowest BCUT2D eigenvalue weighted by molar-refractivity contribution is 0.414. The van der Waals surface area contributed by atoms with Gasteiger partial charge < -0.3 is 9.84 Å². The van der Waals surface area contributed by atoms with Crippen LogP contribution in [0.4, 0.5) is 0 Å². The molecule has 0 radical (unpaired) electrons. The minimum Gasteiger partial charge on any atom is -0.507 e. The van der Waals surface area contributed by atoms with Crippen molar-refractivity contribution in [1.29, 1.82) is 0 Å². The summed E-state index contributed by atoms with van der Waals surface area (Å²) in [6.45, 7) is 0. The third kappa shape index (κ3) is 3.21. The lowest BCUT2D eigenvalue weighted by Gasteiger charge is -2.08. The lowest BCUT2D eigenvalue weighted by Crippen LogP contribution is -1.87. The first-order chi connectivity index (χ1) is 8.70. The molecule has 0 saturated carbocycles. The standard InChI is InChI=1S/C14H13BrO2S/c1-17-11-6-7-12(15)10(8-11)9-18-14-5-3-2-4-13(14)16/h2-8,16H,9H2,1H3. The molecule has 2 nitrogen and oxygen atoms in total. The van der Waals surface area contributed by atoms with Crippen molar-refractivity contribution < 1.29 is 9.84 Å². The van der Waals surface area contributed by atoms with Crippen LogP contribution in [-0.2, 0) is 5.75 Å². The van der Waals surface area contributed by atoms with E-state index in [4.69, 9.17) is 4.74 Å². The summed E-state index contributed by atoms with van der Waals surface area (Å²) in [7, 11) is 1.66. The van der Waals surface area contributed by atoms with E-state index in [0.717, 1.165) is 26.4 Å². The maximum Gasteiger partial charge on any atom is 0.129 e. The molecule has 0 aliphatic heterocycles. The van der Waals surface area contributed by atoms with Gasteiger partial charge in [0.15, 0.2) is 0 Å². The second-order valence-corrected chi connectivity index (χ2v) is 5.59. The quantitative estimate of drug-likeness (QED) is 0.842. The van der Waals surface area contributed by atoms with Gasteiger partial charge in [0, 0.05) is 15.1 Å². The Hall–Kier alpha value is -1.13. The van der Waals surface area contributed by atoms with Crippen LogP contribution in [0.25, 0.3) is 0 Å². The number of phenolic OH excluding ortho intramolecular Hbond substituents is 1. The van der Waals surface area contributed by atoms with E-state index in [0.29, 0.717) is 5.75 Å². The molecule has 4 heteroatoms. The number of hydrogen-bond donors (Lipinski definition) is 1. The van der Waals surface area contributed by atoms with Gasteiger partial charge in [-0.05, 0) is 35.9 Å². The molecule has 0 amide bonds. The van der Waals surface area contributed by atoms with Crippen molar-refractivity contribution in [2.24, 2.45) is 0 Å². The maximum absolute atomic E-state index is 9.70. The molecular formula is C14H13BrO2S. The van der Waals surface area contributed by atoms with E-state index in [-0.39, 0.29) is 0 Å². The molecule has 2 aromatic rings. The highest BCUT2D eigenvalue weighted by Gasteiger charge is 2.05. The van der Waals surface area contributed by atoms with Gasteiger partial charge in [-0.15, -0.1) is 11.8 Å². The topological polar surface area (TPSA) is 29.5 Å². The van der Waals surface area contributed by atoms with Crippen LogP contribution in [0.2, 0.25) is 0 Å². The molecule has 1 N–H and O–H groups in total. The van der Waals surface area contributed by atoms with Gasteiger partial charge in [0.05, 0.1) is 7.11 Å². The van der Waals surface area contributed by atoms with Crippen molar-refractivity contribution in [2.75, 3.05) is 7.11 Å². The van der Waals surface area contributed by atoms with E-state index in [9.17, 15) is 5.11 Å². The SMILES string of the molecule is COc1ccc(Br)c(CSc2ccccc2O)c1. The summed E-state index contributed by atoms with van der Waals surface area (Å²) in [5.74, 6) is 1.93. The minimum absolute atomic E-state index is 0.321. The van der Waals surface area contributed by atoms with Gasteiger partial charge >= 0.3 is 0 Å². The number of thioether (sulfide) groups is 1. The number of benzene rings is 2. The first kappa shape index (κ1) is 13.3. The zero-order valence-electron chi connectivity index (χ0n) is 9.89. The van der Waals surface area contributed by atoms with Crippen LogP contribution in [0.1, 0.15) is 5.56 Å². The van der Waals surface area contributed by atoms with Gasteiger partial charge in [-0.1, -0.05) is 28.1 Å². The van der Waals surface area contributed by atoms with E-state index in [1.165, 1.54) is 0 Å². The summed E-state index contributed by atoms with van der Waals surface area (Å²) in [6, 6.07) is 13.2. The Balaban J connectivity index is 2.13. The van der Waals surface area contributed by atoms with Gasteiger partial charge in [-0.3, -0.25) is 0 Å². The van der Waals surface area contributed by atoms with E-state index in [2.05, 4.69) is 15.9 Å². The molecular weight excluding hydrogens is 312 g/mol. The second-order valence-electron chi connectivity index (χ2n) is 3.71. The zero-order valence-corrected chi connectivity index (χ0v) is 12.3. The van der Waals surface area contributed by atoms with Gasteiger partial charge in [0.2, 0.25) is 0 Å². The van der Waals surface area contributed by atoms with Crippen LogP contribution in [0.15, 0.2) is 51.8 Å². The zero-order chi connectivity index (χ0) is 13.0. The molecule has 2 rings (SSSR count). The Morgan fingerprint density at radius 1 is 1.22 bits per heavy atom. The maximum atomic E-state index is 9.70. The first-order valence-corrected chi connectivity index (χ1v) is 7.22. The van der Waals surface area contributed by atoms with Crippen molar-refractivity contribution in [2.45, 2.75) is 10.6 Å². The Kier molecular flexibility index (Phi) is 4.55. The number of phenols is 1. The van der Waals surface area contributed by atoms with Crippen LogP contribution >= 0.6 is 27.7 Å². The van der Waals surface area contributed by atoms with Gasteiger partial charge in [-0.25, -0.2) is 0 Å². The van der Waals surface area contributed by atoms with Crippen LogP contribution < -0.4 is 4.74 Å². The highest BCUT2D eigenvalue weighted by molar-refractivity contribution is 9.10. The van der Waals surface area contributed by atoms with E-state index < -0.39 is 0 Å². The molecule has 0 heterocycles. The third-order valence-electron chi connectivity index (χ3n) is 2.50. The summed E-state index contributed by atoms with van der Waals surface area (Å²) >= 11 is 5.12. The lowest BCUT2D eigenvalue weighted by atomic mass is 10.2. The van der Waals surface area contributed by atoms with E-state index in [1.54, 1.807) is 24.9 Å². The van der Waals surface area contributed by atoms with Crippen LogP contribution in [0, 0.1) is 0 Å². The van der Waals surface area contributed by atoms with Crippen molar-refractivity contribution in [3.8, 4) is 11.5 Å². The molecule has 94 valence electrons. The Morgan fingerprint density at radius 3 is 2.72 bits per heavy atom. The van der Waals surface area contributed by atoms with E-state index in [1.807, 2.05) is 36.4 Å². The predicted molar refractivity (Wildman–Crippen MR) is 78.4 cm³/mol. The average molecular weight is 325 g/mol. The van der Waals surface area contributed by atoms with Crippen molar-refractivity contribution in [1.82, 2.24) is 0 Å². The number of methoxy groups -OCH3 is 1. The number of aromatic hydroxyl groups is 1. The van der Waals surface area contributed by atoms with Gasteiger partial charge in [0.25, 0.3) is 0 Å². The van der Waals surface area contributed by atoms with Crippen molar-refractivity contribution >= 4 is 27.7 Å². The summed E-state index contributed by atoms with van der Waals surface area (Å²) in [5, 5.41) is 9.70. The fourth-order valence-electron chi connectivity index (χ4n) is 1.52. The number of para-hydroxylation sites is 1. The predicted octanol–water partition coefficient (Wildman–Crippen LogP) is 4.46. The fourth-order valence-corrected chi connectivity index (χ4v) is 3.04. The molecule has 2 aromatic carbocycles. The summed E-state index contributed by atoms with van der Waals surface area (Å²) in [5.41, 5.74) is 1.14. The highest BCUT2D eigenvalue weighted by Crippen LogP contribution is 2.33. The molecule has 18 heavy (non-hydrogen) atoms. The Bertz CT molecular complexity index is 543. The molecule has 0 fully saturated rings. The molecule has 0 saturated heterocycles. The van der Waals surface area contributed by atoms with Gasteiger partial charge in [0.1, 0.15) is 11.5 Å². The van der Waals surface area contributed by atoms with Crippen LogP contribution in [-0.4, -0.2) is 12.2 Å². The van der Waals surface area contributed by atoms with Crippen molar-refractivity contribution in [3.05, 3.63) is 52.5 Å². The Labute approximate surface area is 119 Å². The first-order valence-electron chi connectivity index (χ1n) is 5.44. The number of hydrogen-bond acceptors (Lipinski definition) is 3.